The molecule has 8 atom stereocenters. The van der Waals surface area contributed by atoms with Crippen LogP contribution in [-0.2, 0) is 24.0 Å². The number of hydrogen-bond donors (Lipinski definition) is 10. The Hall–Kier alpha value is -3.63. The second kappa shape index (κ2) is 19.9. The van der Waals surface area contributed by atoms with Crippen LogP contribution >= 0.6 is 0 Å². The van der Waals surface area contributed by atoms with E-state index in [2.05, 4.69) is 21.3 Å². The third kappa shape index (κ3) is 13.9. The lowest BCUT2D eigenvalue weighted by molar-refractivity contribution is -0.145. The maximum Gasteiger partial charge on any atom is 0.305 e. The number of carboxylic acid groups (broad SMARTS) is 1. The molecular weight excluding hydrogens is 614 g/mol. The van der Waals surface area contributed by atoms with E-state index in [1.165, 1.54) is 0 Å². The first-order valence-electron chi connectivity index (χ1n) is 15.8. The molecule has 0 spiro atoms. The van der Waals surface area contributed by atoms with Gasteiger partial charge >= 0.3 is 5.97 Å². The molecule has 0 radical (unpaired) electrons. The van der Waals surface area contributed by atoms with Crippen molar-refractivity contribution in [3.05, 3.63) is 35.9 Å². The number of carbonyl (C=O) groups excluding carboxylic acids is 4. The smallest absolute Gasteiger partial charge is 0.305 e. The van der Waals surface area contributed by atoms with Gasteiger partial charge in [-0.25, -0.2) is 0 Å². The van der Waals surface area contributed by atoms with Crippen molar-refractivity contribution in [3.8, 4) is 0 Å². The normalized spacial score (nSPS) is 16.7. The van der Waals surface area contributed by atoms with Crippen molar-refractivity contribution in [2.24, 2.45) is 23.5 Å². The number of hydrogen-bond acceptors (Lipinski definition) is 10. The lowest BCUT2D eigenvalue weighted by Gasteiger charge is -2.31. The van der Waals surface area contributed by atoms with Crippen LogP contribution in [0.15, 0.2) is 30.3 Å². The van der Waals surface area contributed by atoms with Crippen LogP contribution in [0, 0.1) is 17.8 Å². The Kier molecular flexibility index (Phi) is 17.5. The van der Waals surface area contributed by atoms with Crippen molar-refractivity contribution in [3.63, 3.8) is 0 Å². The summed E-state index contributed by atoms with van der Waals surface area (Å²) in [5, 5.41) is 61.1. The Balaban J connectivity index is 3.07. The molecule has 5 unspecified atom stereocenters. The molecule has 0 aliphatic rings. The molecule has 4 amide bonds. The van der Waals surface area contributed by atoms with Crippen LogP contribution in [-0.4, -0.2) is 104 Å². The fraction of sp³-hybridized carbons (Fsp3) is 0.656. The van der Waals surface area contributed by atoms with Crippen LogP contribution in [0.1, 0.15) is 72.4 Å². The first kappa shape index (κ1) is 41.4. The number of carboxylic acids is 1. The minimum atomic E-state index is -2.28. The van der Waals surface area contributed by atoms with Gasteiger partial charge < -0.3 is 52.5 Å². The maximum atomic E-state index is 13.3. The van der Waals surface area contributed by atoms with Gasteiger partial charge in [-0.1, -0.05) is 71.9 Å². The predicted molar refractivity (Wildman–Crippen MR) is 172 cm³/mol. The van der Waals surface area contributed by atoms with Gasteiger partial charge in [-0.3, -0.25) is 24.0 Å². The summed E-state index contributed by atoms with van der Waals surface area (Å²) in [6.07, 6.45) is -6.73. The molecule has 0 aromatic heterocycles. The first-order valence-corrected chi connectivity index (χ1v) is 15.8. The molecule has 1 aromatic carbocycles. The zero-order valence-corrected chi connectivity index (χ0v) is 27.9. The molecule has 1 aromatic rings. The van der Waals surface area contributed by atoms with Crippen LogP contribution < -0.4 is 27.0 Å². The average Bonchev–Trinajstić information content (AvgIpc) is 3.00. The molecule has 0 aliphatic heterocycles. The second-order valence-corrected chi connectivity index (χ2v) is 12.9. The number of aliphatic carboxylic acids is 1. The van der Waals surface area contributed by atoms with Gasteiger partial charge in [0, 0.05) is 0 Å². The highest BCUT2D eigenvalue weighted by Crippen LogP contribution is 2.18. The van der Waals surface area contributed by atoms with Crippen molar-refractivity contribution < 1.29 is 49.5 Å². The number of aliphatic hydroxyl groups excluding tert-OH is 4. The molecule has 11 N–H and O–H groups in total. The third-order valence-electron chi connectivity index (χ3n) is 7.48. The summed E-state index contributed by atoms with van der Waals surface area (Å²) in [5.41, 5.74) is 6.36. The highest BCUT2D eigenvalue weighted by atomic mass is 16.4. The SMILES string of the molecule is CC(C)C[C@H](NC(=O)[C@H](CC(C)C)NC(=O)[C@@H](N)C(C)C)C(=O)NC(CO)C(O)C(O)C(O)C(=O)NC(CC(=O)O)c1ccccc1. The Labute approximate surface area is 275 Å². The number of rotatable bonds is 20. The molecule has 1 rings (SSSR count). The minimum Gasteiger partial charge on any atom is -0.481 e. The van der Waals surface area contributed by atoms with Crippen LogP contribution in [0.5, 0.6) is 0 Å². The second-order valence-electron chi connectivity index (χ2n) is 12.9. The summed E-state index contributed by atoms with van der Waals surface area (Å²) in [6.45, 7) is 9.91. The van der Waals surface area contributed by atoms with Crippen molar-refractivity contribution >= 4 is 29.6 Å². The van der Waals surface area contributed by atoms with E-state index in [1.807, 2.05) is 13.8 Å². The highest BCUT2D eigenvalue weighted by Gasteiger charge is 2.38. The van der Waals surface area contributed by atoms with Crippen molar-refractivity contribution in [2.75, 3.05) is 6.61 Å². The third-order valence-corrected chi connectivity index (χ3v) is 7.48. The molecule has 266 valence electrons. The quantitative estimate of drug-likeness (QED) is 0.0800. The van der Waals surface area contributed by atoms with E-state index in [0.717, 1.165) is 0 Å². The van der Waals surface area contributed by atoms with E-state index in [9.17, 15) is 49.5 Å². The van der Waals surface area contributed by atoms with Crippen LogP contribution in [0.25, 0.3) is 0 Å². The molecule has 0 fully saturated rings. The Morgan fingerprint density at radius 3 is 1.64 bits per heavy atom. The van der Waals surface area contributed by atoms with Crippen LogP contribution in [0.2, 0.25) is 0 Å². The van der Waals surface area contributed by atoms with E-state index in [-0.39, 0.29) is 30.6 Å². The van der Waals surface area contributed by atoms with Gasteiger partial charge in [-0.05, 0) is 36.2 Å². The number of aliphatic hydroxyl groups is 4. The topological polar surface area (TPSA) is 261 Å². The first-order chi connectivity index (χ1) is 21.9. The standard InChI is InChI=1S/C32H53N5O10/c1-16(2)12-21(35-29(44)22(13-17(3)4)36-31(46)25(33)18(5)6)30(45)37-23(15-38)26(41)27(42)28(43)32(47)34-20(14-24(39)40)19-10-8-7-9-11-19/h7-11,16-18,20-23,25-28,38,41-43H,12-15,33H2,1-6H3,(H,34,47)(H,35,44)(H,36,46)(H,37,45)(H,39,40)/t20?,21-,22-,23?,25-,26?,27?,28?/m0/s1. The van der Waals surface area contributed by atoms with Crippen molar-refractivity contribution in [2.45, 2.75) is 109 Å². The van der Waals surface area contributed by atoms with E-state index in [4.69, 9.17) is 5.73 Å². The van der Waals surface area contributed by atoms with Crippen molar-refractivity contribution in [1.29, 1.82) is 0 Å². The van der Waals surface area contributed by atoms with E-state index in [1.54, 1.807) is 58.0 Å². The number of nitrogens with two attached hydrogens (primary N) is 1. The summed E-state index contributed by atoms with van der Waals surface area (Å²) in [7, 11) is 0. The monoisotopic (exact) mass is 667 g/mol. The fourth-order valence-electron chi connectivity index (χ4n) is 4.72. The van der Waals surface area contributed by atoms with Gasteiger partial charge in [0.25, 0.3) is 5.91 Å². The number of benzene rings is 1. The number of nitrogens with one attached hydrogen (secondary N) is 4. The summed E-state index contributed by atoms with van der Waals surface area (Å²) in [4.78, 5) is 63.4. The minimum absolute atomic E-state index is 0.00942. The largest absolute Gasteiger partial charge is 0.481 e. The van der Waals surface area contributed by atoms with Gasteiger partial charge in [0.15, 0.2) is 6.10 Å². The fourth-order valence-corrected chi connectivity index (χ4v) is 4.72. The average molecular weight is 668 g/mol. The predicted octanol–water partition coefficient (Wildman–Crippen LogP) is -1.08. The maximum absolute atomic E-state index is 13.3. The van der Waals surface area contributed by atoms with E-state index < -0.39 is 91.1 Å². The van der Waals surface area contributed by atoms with Gasteiger partial charge in [0.2, 0.25) is 17.7 Å². The zero-order valence-electron chi connectivity index (χ0n) is 27.9. The van der Waals surface area contributed by atoms with Crippen LogP contribution in [0.4, 0.5) is 0 Å². The molecule has 47 heavy (non-hydrogen) atoms. The molecule has 0 heterocycles. The lowest BCUT2D eigenvalue weighted by atomic mass is 9.97. The van der Waals surface area contributed by atoms with Gasteiger partial charge in [-0.2, -0.15) is 0 Å². The van der Waals surface area contributed by atoms with Crippen molar-refractivity contribution in [1.82, 2.24) is 21.3 Å². The number of carbonyl (C=O) groups is 5. The molecular formula is C32H53N5O10. The van der Waals surface area contributed by atoms with Gasteiger partial charge in [0.05, 0.1) is 31.2 Å². The Morgan fingerprint density at radius 1 is 0.702 bits per heavy atom. The Morgan fingerprint density at radius 2 is 1.19 bits per heavy atom. The molecule has 0 saturated carbocycles. The molecule has 15 nitrogen and oxygen atoms in total. The summed E-state index contributed by atoms with van der Waals surface area (Å²) in [6, 6.07) is 2.34. The van der Waals surface area contributed by atoms with Gasteiger partial charge in [0.1, 0.15) is 24.3 Å². The van der Waals surface area contributed by atoms with E-state index in [0.29, 0.717) is 5.56 Å². The zero-order chi connectivity index (χ0) is 36.0. The Bertz CT molecular complexity index is 1170. The summed E-state index contributed by atoms with van der Waals surface area (Å²) < 4.78 is 0. The molecule has 0 aliphatic carbocycles. The molecule has 0 saturated heterocycles. The highest BCUT2D eigenvalue weighted by molar-refractivity contribution is 5.93. The lowest BCUT2D eigenvalue weighted by Crippen LogP contribution is -2.60. The number of amides is 4. The van der Waals surface area contributed by atoms with Crippen LogP contribution in [0.3, 0.4) is 0 Å². The van der Waals surface area contributed by atoms with Gasteiger partial charge in [-0.15, -0.1) is 0 Å². The molecule has 15 heteroatoms. The molecule has 0 bridgehead atoms. The van der Waals surface area contributed by atoms with E-state index >= 15 is 0 Å². The summed E-state index contributed by atoms with van der Waals surface area (Å²) >= 11 is 0. The summed E-state index contributed by atoms with van der Waals surface area (Å²) in [5.74, 6) is -4.76.